The number of ketones is 1. The molecule has 18 heavy (non-hydrogen) atoms. The zero-order valence-electron chi connectivity index (χ0n) is 10.4. The van der Waals surface area contributed by atoms with Crippen LogP contribution in [-0.2, 0) is 16.1 Å². The summed E-state index contributed by atoms with van der Waals surface area (Å²) in [6, 6.07) is 9.05. The molecule has 0 aliphatic heterocycles. The number of allylic oxidation sites excluding steroid dienone is 1. The minimum atomic E-state index is -0.677. The van der Waals surface area contributed by atoms with Crippen LogP contribution in [0.25, 0.3) is 0 Å². The van der Waals surface area contributed by atoms with Gasteiger partial charge in [-0.2, -0.15) is 0 Å². The van der Waals surface area contributed by atoms with Crippen LogP contribution in [0, 0.1) is 0 Å². The maximum absolute atomic E-state index is 11.7. The van der Waals surface area contributed by atoms with E-state index in [1.165, 1.54) is 0 Å². The van der Waals surface area contributed by atoms with Crippen molar-refractivity contribution in [2.45, 2.75) is 32.1 Å². The van der Waals surface area contributed by atoms with Crippen LogP contribution in [0.3, 0.4) is 0 Å². The summed E-state index contributed by atoms with van der Waals surface area (Å²) < 4.78 is 5.57. The van der Waals surface area contributed by atoms with Crippen molar-refractivity contribution in [2.24, 2.45) is 5.73 Å². The Hall–Kier alpha value is -1.16. The van der Waals surface area contributed by atoms with Gasteiger partial charge in [0, 0.05) is 11.5 Å². The zero-order chi connectivity index (χ0) is 13.5. The zero-order valence-corrected chi connectivity index (χ0v) is 11.2. The Morgan fingerprint density at radius 1 is 1.44 bits per heavy atom. The summed E-state index contributed by atoms with van der Waals surface area (Å²) in [4.78, 5) is 11.7. The van der Waals surface area contributed by atoms with Crippen molar-refractivity contribution in [1.29, 1.82) is 0 Å². The van der Waals surface area contributed by atoms with Crippen molar-refractivity contribution < 1.29 is 9.53 Å². The topological polar surface area (TPSA) is 52.3 Å². The van der Waals surface area contributed by atoms with Crippen LogP contribution in [0.4, 0.5) is 0 Å². The van der Waals surface area contributed by atoms with E-state index in [9.17, 15) is 4.79 Å². The Morgan fingerprint density at radius 2 is 2.06 bits per heavy atom. The molecular formula is C14H18ClNO2. The van der Waals surface area contributed by atoms with Crippen molar-refractivity contribution in [3.8, 4) is 0 Å². The SMILES string of the molecule is C=C(Cl)CC(=O)[C@H](N)[C@H](C)OCc1ccccc1. The second kappa shape index (κ2) is 7.31. The van der Waals surface area contributed by atoms with Crippen LogP contribution in [-0.4, -0.2) is 17.9 Å². The van der Waals surface area contributed by atoms with Crippen LogP contribution in [0.1, 0.15) is 18.9 Å². The lowest BCUT2D eigenvalue weighted by molar-refractivity contribution is -0.123. The first-order chi connectivity index (χ1) is 8.50. The van der Waals surface area contributed by atoms with Gasteiger partial charge in [0.2, 0.25) is 0 Å². The van der Waals surface area contributed by atoms with Crippen molar-refractivity contribution in [3.05, 3.63) is 47.5 Å². The molecule has 0 heterocycles. The molecule has 0 amide bonds. The van der Waals surface area contributed by atoms with Crippen LogP contribution in [0.5, 0.6) is 0 Å². The highest BCUT2D eigenvalue weighted by Crippen LogP contribution is 2.10. The predicted molar refractivity (Wildman–Crippen MR) is 73.3 cm³/mol. The fraction of sp³-hybridized carbons (Fsp3) is 0.357. The van der Waals surface area contributed by atoms with E-state index in [1.54, 1.807) is 6.92 Å². The van der Waals surface area contributed by atoms with Gasteiger partial charge in [-0.3, -0.25) is 4.79 Å². The second-order valence-electron chi connectivity index (χ2n) is 4.19. The number of Topliss-reactive ketones (excluding diaryl/α,β-unsaturated/α-hetero) is 1. The van der Waals surface area contributed by atoms with Crippen molar-refractivity contribution in [2.75, 3.05) is 0 Å². The van der Waals surface area contributed by atoms with Gasteiger partial charge in [-0.05, 0) is 12.5 Å². The van der Waals surface area contributed by atoms with Crippen LogP contribution in [0.2, 0.25) is 0 Å². The summed E-state index contributed by atoms with van der Waals surface area (Å²) in [7, 11) is 0. The predicted octanol–water partition coefficient (Wildman–Crippen LogP) is 2.63. The van der Waals surface area contributed by atoms with Crippen LogP contribution < -0.4 is 5.73 Å². The molecular weight excluding hydrogens is 250 g/mol. The Labute approximate surface area is 113 Å². The summed E-state index contributed by atoms with van der Waals surface area (Å²) in [5.41, 5.74) is 6.85. The summed E-state index contributed by atoms with van der Waals surface area (Å²) >= 11 is 5.58. The van der Waals surface area contributed by atoms with E-state index in [0.717, 1.165) is 5.56 Å². The van der Waals surface area contributed by atoms with Gasteiger partial charge in [0.05, 0.1) is 18.8 Å². The van der Waals surface area contributed by atoms with Gasteiger partial charge in [-0.15, -0.1) is 0 Å². The van der Waals surface area contributed by atoms with Crippen molar-refractivity contribution in [3.63, 3.8) is 0 Å². The number of ether oxygens (including phenoxy) is 1. The molecule has 3 nitrogen and oxygen atoms in total. The van der Waals surface area contributed by atoms with Crippen molar-refractivity contribution in [1.82, 2.24) is 0 Å². The second-order valence-corrected chi connectivity index (χ2v) is 4.72. The average molecular weight is 268 g/mol. The lowest BCUT2D eigenvalue weighted by Crippen LogP contribution is -2.41. The molecule has 0 aromatic heterocycles. The largest absolute Gasteiger partial charge is 0.372 e. The molecule has 4 heteroatoms. The average Bonchev–Trinajstić information content (AvgIpc) is 2.35. The number of carbonyl (C=O) groups is 1. The Kier molecular flexibility index (Phi) is 6.05. The lowest BCUT2D eigenvalue weighted by atomic mass is 10.1. The third-order valence-corrected chi connectivity index (χ3v) is 2.73. The fourth-order valence-corrected chi connectivity index (χ4v) is 1.61. The first-order valence-corrected chi connectivity index (χ1v) is 6.15. The van der Waals surface area contributed by atoms with Gasteiger partial charge in [-0.1, -0.05) is 48.5 Å². The number of hydrogen-bond donors (Lipinski definition) is 1. The van der Waals surface area contributed by atoms with Crippen LogP contribution in [0.15, 0.2) is 41.9 Å². The van der Waals surface area contributed by atoms with Crippen LogP contribution >= 0.6 is 11.6 Å². The summed E-state index contributed by atoms with van der Waals surface area (Å²) in [6.07, 6.45) is -0.268. The molecule has 0 spiro atoms. The van der Waals surface area contributed by atoms with E-state index in [-0.39, 0.29) is 18.3 Å². The third kappa shape index (κ3) is 5.00. The van der Waals surface area contributed by atoms with E-state index < -0.39 is 6.04 Å². The highest BCUT2D eigenvalue weighted by atomic mass is 35.5. The minimum Gasteiger partial charge on any atom is -0.372 e. The number of hydrogen-bond acceptors (Lipinski definition) is 3. The normalized spacial score (nSPS) is 13.9. The Morgan fingerprint density at radius 3 is 2.61 bits per heavy atom. The maximum Gasteiger partial charge on any atom is 0.157 e. The summed E-state index contributed by atoms with van der Waals surface area (Å²) in [5.74, 6) is -0.157. The summed E-state index contributed by atoms with van der Waals surface area (Å²) in [5, 5.41) is 0.297. The fourth-order valence-electron chi connectivity index (χ4n) is 1.47. The van der Waals surface area contributed by atoms with Gasteiger partial charge in [-0.25, -0.2) is 0 Å². The monoisotopic (exact) mass is 267 g/mol. The number of rotatable bonds is 7. The van der Waals surface area contributed by atoms with E-state index >= 15 is 0 Å². The molecule has 0 unspecified atom stereocenters. The smallest absolute Gasteiger partial charge is 0.157 e. The number of benzene rings is 1. The maximum atomic E-state index is 11.7. The van der Waals surface area contributed by atoms with E-state index in [2.05, 4.69) is 6.58 Å². The Bertz CT molecular complexity index is 406. The first kappa shape index (κ1) is 14.9. The van der Waals surface area contributed by atoms with Gasteiger partial charge in [0.15, 0.2) is 5.78 Å². The third-order valence-electron chi connectivity index (χ3n) is 2.60. The molecule has 2 N–H and O–H groups in total. The molecule has 0 aliphatic rings. The van der Waals surface area contributed by atoms with Gasteiger partial charge >= 0.3 is 0 Å². The molecule has 1 aromatic carbocycles. The summed E-state index contributed by atoms with van der Waals surface area (Å²) in [6.45, 7) is 5.69. The number of nitrogens with two attached hydrogens (primary N) is 1. The molecule has 1 aromatic rings. The molecule has 0 saturated heterocycles. The molecule has 2 atom stereocenters. The van der Waals surface area contributed by atoms with Crippen molar-refractivity contribution >= 4 is 17.4 Å². The molecule has 0 aliphatic carbocycles. The molecule has 0 fully saturated rings. The minimum absolute atomic E-state index is 0.0851. The highest BCUT2D eigenvalue weighted by Gasteiger charge is 2.21. The molecule has 0 radical (unpaired) electrons. The van der Waals surface area contributed by atoms with Gasteiger partial charge in [0.1, 0.15) is 0 Å². The number of carbonyl (C=O) groups excluding carboxylic acids is 1. The first-order valence-electron chi connectivity index (χ1n) is 5.78. The molecule has 98 valence electrons. The quantitative estimate of drug-likeness (QED) is 0.826. The molecule has 1 rings (SSSR count). The lowest BCUT2D eigenvalue weighted by Gasteiger charge is -2.19. The van der Waals surface area contributed by atoms with E-state index in [1.807, 2.05) is 30.3 Å². The Balaban J connectivity index is 2.42. The number of halogens is 1. The highest BCUT2D eigenvalue weighted by molar-refractivity contribution is 6.30. The van der Waals surface area contributed by atoms with E-state index in [0.29, 0.717) is 11.6 Å². The standard InChI is InChI=1S/C14H18ClNO2/c1-10(15)8-13(17)14(16)11(2)18-9-12-6-4-3-5-7-12/h3-7,11,14H,1,8-9,16H2,2H3/t11-,14+/m0/s1. The molecule has 0 saturated carbocycles. The van der Waals surface area contributed by atoms with E-state index in [4.69, 9.17) is 22.1 Å². The molecule has 0 bridgehead atoms. The van der Waals surface area contributed by atoms with Gasteiger partial charge < -0.3 is 10.5 Å². The van der Waals surface area contributed by atoms with Gasteiger partial charge in [0.25, 0.3) is 0 Å².